The van der Waals surface area contributed by atoms with Crippen LogP contribution in [0.5, 0.6) is 0 Å². The average Bonchev–Trinajstić information content (AvgIpc) is 3.21. The van der Waals surface area contributed by atoms with Gasteiger partial charge < -0.3 is 10.6 Å². The molecule has 1 aliphatic rings. The van der Waals surface area contributed by atoms with Gasteiger partial charge in [-0.2, -0.15) is 0 Å². The van der Waals surface area contributed by atoms with E-state index in [2.05, 4.69) is 40.9 Å². The van der Waals surface area contributed by atoms with Crippen LogP contribution in [-0.4, -0.2) is 18.1 Å². The van der Waals surface area contributed by atoms with Crippen molar-refractivity contribution in [3.63, 3.8) is 0 Å². The Morgan fingerprint density at radius 2 is 1.88 bits per heavy atom. The highest BCUT2D eigenvalue weighted by atomic mass is 32.1. The van der Waals surface area contributed by atoms with E-state index < -0.39 is 0 Å². The van der Waals surface area contributed by atoms with Crippen LogP contribution in [0.1, 0.15) is 18.4 Å². The lowest BCUT2D eigenvalue weighted by molar-refractivity contribution is 0.857. The molecule has 0 bridgehead atoms. The lowest BCUT2D eigenvalue weighted by Crippen LogP contribution is -2.03. The molecule has 0 atom stereocenters. The van der Waals surface area contributed by atoms with Gasteiger partial charge in [-0.05, 0) is 61.8 Å². The van der Waals surface area contributed by atoms with Crippen molar-refractivity contribution in [1.82, 2.24) is 10.3 Å². The van der Waals surface area contributed by atoms with Crippen molar-refractivity contribution in [2.45, 2.75) is 17.7 Å². The fourth-order valence-electron chi connectivity index (χ4n) is 2.71. The van der Waals surface area contributed by atoms with Crippen molar-refractivity contribution in [1.29, 1.82) is 0 Å². The highest BCUT2D eigenvalue weighted by molar-refractivity contribution is 7.80. The molecule has 3 nitrogen and oxygen atoms in total. The molecule has 1 saturated heterocycles. The topological polar surface area (TPSA) is 37.0 Å². The van der Waals surface area contributed by atoms with Gasteiger partial charge in [-0.25, -0.2) is 0 Å². The van der Waals surface area contributed by atoms with Gasteiger partial charge in [-0.15, -0.1) is 12.6 Å². The second-order valence-corrected chi connectivity index (χ2v) is 6.54. The van der Waals surface area contributed by atoms with Gasteiger partial charge in [0.05, 0.1) is 5.52 Å². The normalized spacial score (nSPS) is 13.2. The SMILES string of the molecule is C1CCNC1.C=C(Nc1cccc(S)c1)c1ccc2cccnc2c1. The third kappa shape index (κ3) is 5.08. The number of benzene rings is 2. The Labute approximate surface area is 154 Å². The van der Waals surface area contributed by atoms with Gasteiger partial charge in [-0.3, -0.25) is 4.98 Å². The predicted octanol–water partition coefficient (Wildman–Crippen LogP) is 4.98. The van der Waals surface area contributed by atoms with E-state index in [4.69, 9.17) is 0 Å². The molecule has 2 heterocycles. The molecule has 2 N–H and O–H groups in total. The molecule has 4 rings (SSSR count). The molecule has 0 aliphatic carbocycles. The zero-order chi connectivity index (χ0) is 17.5. The third-order valence-electron chi connectivity index (χ3n) is 4.05. The van der Waals surface area contributed by atoms with E-state index in [0.29, 0.717) is 0 Å². The van der Waals surface area contributed by atoms with Crippen molar-refractivity contribution in [3.8, 4) is 0 Å². The molecule has 4 heteroatoms. The molecule has 2 aromatic carbocycles. The highest BCUT2D eigenvalue weighted by Crippen LogP contribution is 2.22. The Bertz CT molecular complexity index is 849. The zero-order valence-corrected chi connectivity index (χ0v) is 15.1. The van der Waals surface area contributed by atoms with Crippen LogP contribution >= 0.6 is 12.6 Å². The average molecular weight is 350 g/mol. The number of anilines is 1. The summed E-state index contributed by atoms with van der Waals surface area (Å²) < 4.78 is 0. The first-order chi connectivity index (χ1) is 12.2. The van der Waals surface area contributed by atoms with Crippen molar-refractivity contribution < 1.29 is 0 Å². The Kier molecular flexibility index (Phi) is 6.09. The summed E-state index contributed by atoms with van der Waals surface area (Å²) in [6.45, 7) is 6.59. The smallest absolute Gasteiger partial charge is 0.0708 e. The summed E-state index contributed by atoms with van der Waals surface area (Å²) in [6.07, 6.45) is 4.58. The molecule has 128 valence electrons. The molecule has 1 aromatic heterocycles. The van der Waals surface area contributed by atoms with Gasteiger partial charge >= 0.3 is 0 Å². The Hall–Kier alpha value is -2.30. The van der Waals surface area contributed by atoms with Crippen LogP contribution in [0.4, 0.5) is 5.69 Å². The van der Waals surface area contributed by atoms with Gasteiger partial charge in [0.25, 0.3) is 0 Å². The molecule has 3 aromatic rings. The lowest BCUT2D eigenvalue weighted by Gasteiger charge is -2.11. The van der Waals surface area contributed by atoms with Crippen molar-refractivity contribution in [2.24, 2.45) is 0 Å². The predicted molar refractivity (Wildman–Crippen MR) is 110 cm³/mol. The minimum atomic E-state index is 0.844. The van der Waals surface area contributed by atoms with Crippen LogP contribution in [0.25, 0.3) is 16.6 Å². The maximum absolute atomic E-state index is 4.36. The molecule has 0 radical (unpaired) electrons. The summed E-state index contributed by atoms with van der Waals surface area (Å²) in [4.78, 5) is 5.28. The number of rotatable bonds is 3. The summed E-state index contributed by atoms with van der Waals surface area (Å²) in [5.41, 5.74) is 3.82. The van der Waals surface area contributed by atoms with E-state index in [-0.39, 0.29) is 0 Å². The van der Waals surface area contributed by atoms with Gasteiger partial charge in [0, 0.05) is 27.9 Å². The number of pyridine rings is 1. The largest absolute Gasteiger partial charge is 0.355 e. The standard InChI is InChI=1S/C17H14N2S.C4H9N/c1-12(19-15-5-2-6-16(20)11-15)14-8-7-13-4-3-9-18-17(13)10-14;1-2-4-5-3-1/h2-11,19-20H,1H2;5H,1-4H2. The summed E-state index contributed by atoms with van der Waals surface area (Å²) in [6, 6.07) is 18.0. The van der Waals surface area contributed by atoms with Crippen molar-refractivity contribution in [3.05, 3.63) is 72.9 Å². The summed E-state index contributed by atoms with van der Waals surface area (Å²) >= 11 is 4.33. The molecule has 0 saturated carbocycles. The van der Waals surface area contributed by atoms with E-state index in [1.807, 2.05) is 48.5 Å². The first kappa shape index (κ1) is 17.5. The van der Waals surface area contributed by atoms with Crippen LogP contribution in [-0.2, 0) is 0 Å². The van der Waals surface area contributed by atoms with Gasteiger partial charge in [-0.1, -0.05) is 30.8 Å². The minimum absolute atomic E-state index is 0.844. The van der Waals surface area contributed by atoms with Crippen LogP contribution in [0.15, 0.2) is 72.3 Å². The number of thiol groups is 1. The monoisotopic (exact) mass is 349 g/mol. The molecule has 25 heavy (non-hydrogen) atoms. The Morgan fingerprint density at radius 1 is 1.04 bits per heavy atom. The Balaban J connectivity index is 0.000000314. The van der Waals surface area contributed by atoms with Gasteiger partial charge in [0.1, 0.15) is 0 Å². The van der Waals surface area contributed by atoms with Crippen LogP contribution in [0.2, 0.25) is 0 Å². The molecule has 0 spiro atoms. The first-order valence-corrected chi connectivity index (χ1v) is 8.98. The number of aromatic nitrogens is 1. The summed E-state index contributed by atoms with van der Waals surface area (Å²) in [5.74, 6) is 0. The van der Waals surface area contributed by atoms with Crippen molar-refractivity contribution >= 4 is 34.9 Å². The molecular weight excluding hydrogens is 326 g/mol. The first-order valence-electron chi connectivity index (χ1n) is 8.53. The number of nitrogens with one attached hydrogen (secondary N) is 2. The second-order valence-electron chi connectivity index (χ2n) is 6.02. The maximum atomic E-state index is 4.36. The number of fused-ring (bicyclic) bond motifs is 1. The van der Waals surface area contributed by atoms with E-state index in [0.717, 1.165) is 32.7 Å². The quantitative estimate of drug-likeness (QED) is 0.584. The fraction of sp³-hybridized carbons (Fsp3) is 0.190. The minimum Gasteiger partial charge on any atom is -0.355 e. The molecular formula is C21H23N3S. The number of hydrogen-bond acceptors (Lipinski definition) is 4. The van der Waals surface area contributed by atoms with Crippen LogP contribution < -0.4 is 10.6 Å². The number of nitrogens with zero attached hydrogens (tertiary/aromatic N) is 1. The fourth-order valence-corrected chi connectivity index (χ4v) is 2.93. The van der Waals surface area contributed by atoms with E-state index >= 15 is 0 Å². The molecule has 1 aliphatic heterocycles. The maximum Gasteiger partial charge on any atom is 0.0708 e. The lowest BCUT2D eigenvalue weighted by atomic mass is 10.1. The highest BCUT2D eigenvalue weighted by Gasteiger charge is 2.02. The van der Waals surface area contributed by atoms with Gasteiger partial charge in [0.15, 0.2) is 0 Å². The van der Waals surface area contributed by atoms with E-state index in [1.165, 1.54) is 25.9 Å². The summed E-state index contributed by atoms with van der Waals surface area (Å²) in [5, 5.41) is 7.64. The van der Waals surface area contributed by atoms with E-state index in [9.17, 15) is 0 Å². The van der Waals surface area contributed by atoms with Crippen molar-refractivity contribution in [2.75, 3.05) is 18.4 Å². The molecule has 0 amide bonds. The molecule has 0 unspecified atom stereocenters. The Morgan fingerprint density at radius 3 is 2.60 bits per heavy atom. The molecule has 1 fully saturated rings. The van der Waals surface area contributed by atoms with Crippen LogP contribution in [0, 0.1) is 0 Å². The van der Waals surface area contributed by atoms with Crippen LogP contribution in [0.3, 0.4) is 0 Å². The second kappa shape index (κ2) is 8.70. The van der Waals surface area contributed by atoms with Gasteiger partial charge in [0.2, 0.25) is 0 Å². The van der Waals surface area contributed by atoms with E-state index in [1.54, 1.807) is 6.20 Å². The zero-order valence-electron chi connectivity index (χ0n) is 14.2. The number of hydrogen-bond donors (Lipinski definition) is 3. The third-order valence-corrected chi connectivity index (χ3v) is 4.33. The summed E-state index contributed by atoms with van der Waals surface area (Å²) in [7, 11) is 0.